The van der Waals surface area contributed by atoms with Crippen LogP contribution in [0.3, 0.4) is 0 Å². The summed E-state index contributed by atoms with van der Waals surface area (Å²) >= 11 is 0. The zero-order valence-electron chi connectivity index (χ0n) is 10.6. The summed E-state index contributed by atoms with van der Waals surface area (Å²) in [5, 5.41) is 12.4. The third-order valence-corrected chi connectivity index (χ3v) is 3.51. The normalized spacial score (nSPS) is 23.0. The number of likely N-dealkylation sites (N-methyl/N-ethyl adjacent to an activating group) is 1. The second-order valence-electron chi connectivity index (χ2n) is 5.06. The van der Waals surface area contributed by atoms with Gasteiger partial charge >= 0.3 is 0 Å². The molecule has 4 nitrogen and oxygen atoms in total. The van der Waals surface area contributed by atoms with Gasteiger partial charge in [0.15, 0.2) is 0 Å². The molecule has 16 heavy (non-hydrogen) atoms. The number of amides is 1. The third-order valence-electron chi connectivity index (χ3n) is 3.51. The van der Waals surface area contributed by atoms with Crippen LogP contribution in [0.5, 0.6) is 0 Å². The Hall–Kier alpha value is -0.610. The first kappa shape index (κ1) is 13.5. The minimum absolute atomic E-state index is 0.00243. The highest BCUT2D eigenvalue weighted by Gasteiger charge is 2.34. The van der Waals surface area contributed by atoms with Gasteiger partial charge in [-0.3, -0.25) is 4.79 Å². The van der Waals surface area contributed by atoms with E-state index in [1.54, 1.807) is 7.05 Å². The van der Waals surface area contributed by atoms with Gasteiger partial charge in [-0.1, -0.05) is 12.8 Å². The molecule has 0 aromatic carbocycles. The van der Waals surface area contributed by atoms with Crippen LogP contribution in [0.2, 0.25) is 0 Å². The quantitative estimate of drug-likeness (QED) is 0.749. The van der Waals surface area contributed by atoms with E-state index in [0.717, 1.165) is 32.2 Å². The van der Waals surface area contributed by atoms with Crippen LogP contribution >= 0.6 is 0 Å². The first-order valence-electron chi connectivity index (χ1n) is 6.13. The van der Waals surface area contributed by atoms with Gasteiger partial charge in [0.1, 0.15) is 0 Å². The Balaban J connectivity index is 2.77. The molecule has 1 atom stereocenters. The highest BCUT2D eigenvalue weighted by atomic mass is 16.3. The minimum atomic E-state index is -0.544. The molecule has 1 saturated heterocycles. The lowest BCUT2D eigenvalue weighted by Crippen LogP contribution is -2.56. The Morgan fingerprint density at radius 3 is 2.69 bits per heavy atom. The first-order valence-corrected chi connectivity index (χ1v) is 6.13. The first-order chi connectivity index (χ1) is 7.53. The molecule has 1 aliphatic rings. The largest absolute Gasteiger partial charge is 0.394 e. The lowest BCUT2D eigenvalue weighted by molar-refractivity contribution is -0.140. The van der Waals surface area contributed by atoms with E-state index in [9.17, 15) is 9.90 Å². The lowest BCUT2D eigenvalue weighted by atomic mass is 10.0. The van der Waals surface area contributed by atoms with Crippen molar-refractivity contribution in [3.05, 3.63) is 0 Å². The number of rotatable bonds is 3. The van der Waals surface area contributed by atoms with Crippen molar-refractivity contribution in [3.63, 3.8) is 0 Å². The average molecular weight is 228 g/mol. The number of hydrogen-bond acceptors (Lipinski definition) is 3. The number of carbonyl (C=O) groups excluding carboxylic acids is 1. The molecule has 1 heterocycles. The average Bonchev–Trinajstić information content (AvgIpc) is 2.52. The highest BCUT2D eigenvalue weighted by Crippen LogP contribution is 2.20. The summed E-state index contributed by atoms with van der Waals surface area (Å²) in [5.41, 5.74) is -0.544. The van der Waals surface area contributed by atoms with Crippen LogP contribution in [-0.4, -0.2) is 47.7 Å². The highest BCUT2D eigenvalue weighted by molar-refractivity contribution is 5.85. The summed E-state index contributed by atoms with van der Waals surface area (Å²) < 4.78 is 0. The predicted molar refractivity (Wildman–Crippen MR) is 64.2 cm³/mol. The second kappa shape index (κ2) is 5.64. The van der Waals surface area contributed by atoms with E-state index in [1.165, 1.54) is 0 Å². The monoisotopic (exact) mass is 228 g/mol. The number of carbonyl (C=O) groups is 1. The van der Waals surface area contributed by atoms with E-state index in [1.807, 2.05) is 18.7 Å². The van der Waals surface area contributed by atoms with Crippen LogP contribution < -0.4 is 5.32 Å². The van der Waals surface area contributed by atoms with Crippen molar-refractivity contribution in [2.45, 2.75) is 51.1 Å². The SMILES string of the molecule is CNC(C)(C)C(=O)N1CCCCCC1CO. The molecule has 1 aliphatic heterocycles. The molecule has 2 N–H and O–H groups in total. The van der Waals surface area contributed by atoms with E-state index in [2.05, 4.69) is 5.32 Å². The zero-order valence-corrected chi connectivity index (χ0v) is 10.6. The van der Waals surface area contributed by atoms with Crippen molar-refractivity contribution < 1.29 is 9.90 Å². The summed E-state index contributed by atoms with van der Waals surface area (Å²) in [5.74, 6) is 0.0935. The standard InChI is InChI=1S/C12H24N2O2/c1-12(2,13-3)11(16)14-8-6-4-5-7-10(14)9-15/h10,13,15H,4-9H2,1-3H3. The molecule has 0 spiro atoms. The van der Waals surface area contributed by atoms with E-state index in [0.29, 0.717) is 0 Å². The molecule has 0 saturated carbocycles. The van der Waals surface area contributed by atoms with Crippen molar-refractivity contribution in [2.24, 2.45) is 0 Å². The Morgan fingerprint density at radius 2 is 2.12 bits per heavy atom. The maximum atomic E-state index is 12.3. The van der Waals surface area contributed by atoms with Crippen molar-refractivity contribution in [2.75, 3.05) is 20.2 Å². The molecular formula is C12H24N2O2. The van der Waals surface area contributed by atoms with Gasteiger partial charge in [0.25, 0.3) is 0 Å². The molecule has 0 radical (unpaired) electrons. The van der Waals surface area contributed by atoms with E-state index in [-0.39, 0.29) is 18.6 Å². The molecule has 0 aromatic rings. The van der Waals surface area contributed by atoms with Gasteiger partial charge in [0, 0.05) is 6.54 Å². The maximum absolute atomic E-state index is 12.3. The Labute approximate surface area is 98.0 Å². The zero-order chi connectivity index (χ0) is 12.2. The van der Waals surface area contributed by atoms with Crippen molar-refractivity contribution in [1.82, 2.24) is 10.2 Å². The van der Waals surface area contributed by atoms with Crippen molar-refractivity contribution in [1.29, 1.82) is 0 Å². The lowest BCUT2D eigenvalue weighted by Gasteiger charge is -2.35. The summed E-state index contributed by atoms with van der Waals surface area (Å²) in [7, 11) is 1.80. The van der Waals surface area contributed by atoms with Gasteiger partial charge in [-0.15, -0.1) is 0 Å². The smallest absolute Gasteiger partial charge is 0.242 e. The maximum Gasteiger partial charge on any atom is 0.242 e. The van der Waals surface area contributed by atoms with Crippen LogP contribution in [-0.2, 0) is 4.79 Å². The van der Waals surface area contributed by atoms with Gasteiger partial charge in [-0.25, -0.2) is 0 Å². The number of nitrogens with one attached hydrogen (secondary N) is 1. The molecule has 0 aromatic heterocycles. The Morgan fingerprint density at radius 1 is 1.44 bits per heavy atom. The van der Waals surface area contributed by atoms with E-state index in [4.69, 9.17) is 0 Å². The number of hydrogen-bond donors (Lipinski definition) is 2. The summed E-state index contributed by atoms with van der Waals surface area (Å²) in [6, 6.07) is 0.00243. The van der Waals surface area contributed by atoms with Crippen LogP contribution in [0.15, 0.2) is 0 Å². The van der Waals surface area contributed by atoms with E-state index < -0.39 is 5.54 Å². The van der Waals surface area contributed by atoms with Crippen molar-refractivity contribution >= 4 is 5.91 Å². The van der Waals surface area contributed by atoms with Crippen LogP contribution in [0, 0.1) is 0 Å². The van der Waals surface area contributed by atoms with Crippen LogP contribution in [0.1, 0.15) is 39.5 Å². The fraction of sp³-hybridized carbons (Fsp3) is 0.917. The van der Waals surface area contributed by atoms with Gasteiger partial charge in [0.05, 0.1) is 18.2 Å². The summed E-state index contributed by atoms with van der Waals surface area (Å²) in [6.07, 6.45) is 4.22. The summed E-state index contributed by atoms with van der Waals surface area (Å²) in [4.78, 5) is 14.2. The summed E-state index contributed by atoms with van der Waals surface area (Å²) in [6.45, 7) is 4.62. The molecular weight excluding hydrogens is 204 g/mol. The molecule has 0 aliphatic carbocycles. The molecule has 1 amide bonds. The van der Waals surface area contributed by atoms with Crippen molar-refractivity contribution in [3.8, 4) is 0 Å². The third kappa shape index (κ3) is 2.95. The number of aliphatic hydroxyl groups excluding tert-OH is 1. The molecule has 1 rings (SSSR count). The number of nitrogens with zero attached hydrogens (tertiary/aromatic N) is 1. The van der Waals surface area contributed by atoms with Crippen LogP contribution in [0.4, 0.5) is 0 Å². The fourth-order valence-corrected chi connectivity index (χ4v) is 2.10. The molecule has 0 bridgehead atoms. The van der Waals surface area contributed by atoms with Gasteiger partial charge in [-0.2, -0.15) is 0 Å². The Bertz CT molecular complexity index is 241. The Kier molecular flexibility index (Phi) is 4.74. The predicted octanol–water partition coefficient (Wildman–Crippen LogP) is 0.748. The van der Waals surface area contributed by atoms with Crippen LogP contribution in [0.25, 0.3) is 0 Å². The number of likely N-dealkylation sites (tertiary alicyclic amines) is 1. The second-order valence-corrected chi connectivity index (χ2v) is 5.06. The fourth-order valence-electron chi connectivity index (χ4n) is 2.10. The molecule has 94 valence electrons. The number of aliphatic hydroxyl groups is 1. The minimum Gasteiger partial charge on any atom is -0.394 e. The van der Waals surface area contributed by atoms with Gasteiger partial charge in [0.2, 0.25) is 5.91 Å². The van der Waals surface area contributed by atoms with Gasteiger partial charge < -0.3 is 15.3 Å². The molecule has 4 heteroatoms. The van der Waals surface area contributed by atoms with E-state index >= 15 is 0 Å². The molecule has 1 unspecified atom stereocenters. The topological polar surface area (TPSA) is 52.6 Å². The van der Waals surface area contributed by atoms with Gasteiger partial charge in [-0.05, 0) is 33.7 Å². The molecule has 1 fully saturated rings.